The molecule has 0 aliphatic rings. The second-order valence-corrected chi connectivity index (χ2v) is 7.03. The summed E-state index contributed by atoms with van der Waals surface area (Å²) in [6, 6.07) is 0. The van der Waals surface area contributed by atoms with Crippen molar-refractivity contribution < 1.29 is 22.5 Å². The molecule has 0 aromatic heterocycles. The van der Waals surface area contributed by atoms with Crippen LogP contribution in [0.15, 0.2) is 0 Å². The highest BCUT2D eigenvalue weighted by Crippen LogP contribution is 2.13. The molecule has 1 atom stereocenters. The standard InChI is InChI=1S/C15H31NO5S/c1-3-4-5-6-7-8-9-10-11-12-13-14(2)21-22(19,20)16-15(17)18/h14,16H,3-13H2,1-2H3,(H,17,18)/p-1. The summed E-state index contributed by atoms with van der Waals surface area (Å²) >= 11 is 0. The van der Waals surface area contributed by atoms with Crippen molar-refractivity contribution in [3.8, 4) is 0 Å². The van der Waals surface area contributed by atoms with E-state index in [-0.39, 0.29) is 0 Å². The monoisotopic (exact) mass is 336 g/mol. The number of carbonyl (C=O) groups excluding carboxylic acids is 1. The Labute approximate surface area is 134 Å². The van der Waals surface area contributed by atoms with E-state index in [0.29, 0.717) is 6.42 Å². The van der Waals surface area contributed by atoms with E-state index in [9.17, 15) is 18.3 Å². The third kappa shape index (κ3) is 14.1. The molecule has 6 nitrogen and oxygen atoms in total. The number of unbranched alkanes of at least 4 members (excludes halogenated alkanes) is 9. The molecule has 0 fully saturated rings. The van der Waals surface area contributed by atoms with Crippen LogP contribution in [-0.2, 0) is 14.5 Å². The van der Waals surface area contributed by atoms with Crippen LogP contribution in [0.4, 0.5) is 4.79 Å². The Morgan fingerprint density at radius 3 is 1.91 bits per heavy atom. The van der Waals surface area contributed by atoms with E-state index in [1.54, 1.807) is 6.92 Å². The van der Waals surface area contributed by atoms with E-state index in [1.165, 1.54) is 49.7 Å². The smallest absolute Gasteiger partial charge is 0.361 e. The van der Waals surface area contributed by atoms with Gasteiger partial charge in [0.2, 0.25) is 0 Å². The van der Waals surface area contributed by atoms with Crippen LogP contribution in [0.3, 0.4) is 0 Å². The molecular formula is C15H30NO5S-. The highest BCUT2D eigenvalue weighted by atomic mass is 32.2. The van der Waals surface area contributed by atoms with Gasteiger partial charge in [-0.25, -0.2) is 4.72 Å². The lowest BCUT2D eigenvalue weighted by Crippen LogP contribution is -2.42. The number of carbonyl (C=O) groups is 1. The summed E-state index contributed by atoms with van der Waals surface area (Å²) < 4.78 is 28.3. The molecule has 7 heteroatoms. The van der Waals surface area contributed by atoms with Crippen LogP contribution in [0.2, 0.25) is 0 Å². The molecule has 132 valence electrons. The van der Waals surface area contributed by atoms with Gasteiger partial charge in [0.05, 0.1) is 6.10 Å². The van der Waals surface area contributed by atoms with E-state index in [4.69, 9.17) is 0 Å². The van der Waals surface area contributed by atoms with Crippen LogP contribution in [0.5, 0.6) is 0 Å². The van der Waals surface area contributed by atoms with Gasteiger partial charge in [0.15, 0.2) is 0 Å². The van der Waals surface area contributed by atoms with Gasteiger partial charge in [-0.3, -0.25) is 4.18 Å². The molecule has 0 aromatic rings. The summed E-state index contributed by atoms with van der Waals surface area (Å²) in [6.45, 7) is 3.83. The Bertz CT molecular complexity index is 383. The van der Waals surface area contributed by atoms with E-state index < -0.39 is 22.5 Å². The molecule has 0 bridgehead atoms. The molecule has 1 amide bonds. The van der Waals surface area contributed by atoms with Crippen molar-refractivity contribution in [2.75, 3.05) is 0 Å². The average molecular weight is 336 g/mol. The predicted molar refractivity (Wildman–Crippen MR) is 84.5 cm³/mol. The zero-order valence-corrected chi connectivity index (χ0v) is 14.6. The van der Waals surface area contributed by atoms with Gasteiger partial charge in [-0.05, 0) is 13.3 Å². The van der Waals surface area contributed by atoms with Gasteiger partial charge in [-0.2, -0.15) is 8.42 Å². The Kier molecular flexibility index (Phi) is 12.2. The topological polar surface area (TPSA) is 95.5 Å². The van der Waals surface area contributed by atoms with Crippen molar-refractivity contribution in [2.45, 2.75) is 90.6 Å². The van der Waals surface area contributed by atoms with Crippen LogP contribution in [0.1, 0.15) is 84.5 Å². The molecule has 1 unspecified atom stereocenters. The first-order chi connectivity index (χ1) is 10.4. The van der Waals surface area contributed by atoms with Crippen molar-refractivity contribution in [1.82, 2.24) is 4.72 Å². The number of amides is 1. The van der Waals surface area contributed by atoms with Gasteiger partial charge in [0.1, 0.15) is 6.09 Å². The van der Waals surface area contributed by atoms with E-state index in [0.717, 1.165) is 19.3 Å². The zero-order valence-electron chi connectivity index (χ0n) is 13.8. The maximum Gasteiger partial charge on any atom is 0.361 e. The Morgan fingerprint density at radius 1 is 1.00 bits per heavy atom. The van der Waals surface area contributed by atoms with E-state index in [2.05, 4.69) is 11.1 Å². The quantitative estimate of drug-likeness (QED) is 0.492. The molecule has 0 heterocycles. The second kappa shape index (κ2) is 12.7. The number of hydrogen-bond donors (Lipinski definition) is 1. The fourth-order valence-electron chi connectivity index (χ4n) is 2.31. The largest absolute Gasteiger partial charge is 0.529 e. The maximum absolute atomic E-state index is 11.2. The van der Waals surface area contributed by atoms with Gasteiger partial charge in [0, 0.05) is 0 Å². The summed E-state index contributed by atoms with van der Waals surface area (Å²) in [5.74, 6) is 0. The molecule has 0 radical (unpaired) electrons. The lowest BCUT2D eigenvalue weighted by molar-refractivity contribution is -0.248. The van der Waals surface area contributed by atoms with Gasteiger partial charge < -0.3 is 9.90 Å². The molecule has 0 aromatic carbocycles. The van der Waals surface area contributed by atoms with E-state index >= 15 is 0 Å². The summed E-state index contributed by atoms with van der Waals surface area (Å²) in [7, 11) is -4.25. The van der Waals surface area contributed by atoms with Gasteiger partial charge in [-0.15, -0.1) is 0 Å². The molecule has 22 heavy (non-hydrogen) atoms. The van der Waals surface area contributed by atoms with Crippen LogP contribution in [-0.4, -0.2) is 20.6 Å². The zero-order chi connectivity index (χ0) is 16.8. The lowest BCUT2D eigenvalue weighted by atomic mass is 10.1. The Balaban J connectivity index is 3.49. The van der Waals surface area contributed by atoms with Crippen LogP contribution in [0.25, 0.3) is 0 Å². The third-order valence-corrected chi connectivity index (χ3v) is 4.46. The SMILES string of the molecule is CCCCCCCCCCCCC(C)OS(=O)(=O)NC(=O)[O-]. The minimum Gasteiger partial charge on any atom is -0.529 e. The Morgan fingerprint density at radius 2 is 1.45 bits per heavy atom. The number of rotatable bonds is 14. The fourth-order valence-corrected chi connectivity index (χ4v) is 3.09. The first kappa shape index (κ1) is 21.2. The van der Waals surface area contributed by atoms with Gasteiger partial charge in [0.25, 0.3) is 0 Å². The molecule has 0 saturated carbocycles. The second-order valence-electron chi connectivity index (χ2n) is 5.72. The van der Waals surface area contributed by atoms with Crippen molar-refractivity contribution in [1.29, 1.82) is 0 Å². The molecule has 0 aliphatic heterocycles. The first-order valence-electron chi connectivity index (χ1n) is 8.29. The molecule has 1 N–H and O–H groups in total. The van der Waals surface area contributed by atoms with Crippen LogP contribution < -0.4 is 9.83 Å². The van der Waals surface area contributed by atoms with Crippen molar-refractivity contribution in [3.05, 3.63) is 0 Å². The summed E-state index contributed by atoms with van der Waals surface area (Å²) in [5, 5.41) is 10.2. The molecule has 0 spiro atoms. The number of hydrogen-bond acceptors (Lipinski definition) is 5. The molecular weight excluding hydrogens is 306 g/mol. The van der Waals surface area contributed by atoms with Crippen molar-refractivity contribution in [3.63, 3.8) is 0 Å². The normalized spacial score (nSPS) is 13.0. The minimum absolute atomic E-state index is 0.536. The van der Waals surface area contributed by atoms with Crippen molar-refractivity contribution in [2.24, 2.45) is 0 Å². The molecule has 0 saturated heterocycles. The van der Waals surface area contributed by atoms with Crippen LogP contribution in [0, 0.1) is 0 Å². The van der Waals surface area contributed by atoms with Crippen molar-refractivity contribution >= 4 is 16.4 Å². The average Bonchev–Trinajstić information content (AvgIpc) is 2.38. The van der Waals surface area contributed by atoms with Crippen LogP contribution >= 0.6 is 0 Å². The number of nitrogens with one attached hydrogen (secondary N) is 1. The highest BCUT2D eigenvalue weighted by molar-refractivity contribution is 7.85. The fraction of sp³-hybridized carbons (Fsp3) is 0.933. The summed E-state index contributed by atoms with van der Waals surface area (Å²) in [4.78, 5) is 10.2. The van der Waals surface area contributed by atoms with E-state index in [1.807, 2.05) is 0 Å². The number of carboxylic acid groups (broad SMARTS) is 1. The molecule has 0 rings (SSSR count). The summed E-state index contributed by atoms with van der Waals surface area (Å²) in [6.07, 6.45) is 10.3. The van der Waals surface area contributed by atoms with Gasteiger partial charge in [-0.1, -0.05) is 71.1 Å². The highest BCUT2D eigenvalue weighted by Gasteiger charge is 2.15. The maximum atomic E-state index is 11.2. The molecule has 0 aliphatic carbocycles. The Hall–Kier alpha value is -0.820. The third-order valence-electron chi connectivity index (χ3n) is 3.46. The lowest BCUT2D eigenvalue weighted by Gasteiger charge is -2.14. The summed E-state index contributed by atoms with van der Waals surface area (Å²) in [5.41, 5.74) is 0. The minimum atomic E-state index is -4.25. The van der Waals surface area contributed by atoms with Gasteiger partial charge >= 0.3 is 10.3 Å². The first-order valence-corrected chi connectivity index (χ1v) is 9.70. The predicted octanol–water partition coefficient (Wildman–Crippen LogP) is 2.88.